The number of methoxy groups -OCH3 is 1. The van der Waals surface area contributed by atoms with Gasteiger partial charge >= 0.3 is 5.97 Å². The summed E-state index contributed by atoms with van der Waals surface area (Å²) in [6.45, 7) is 1.72. The van der Waals surface area contributed by atoms with Crippen LogP contribution in [0.2, 0.25) is 0 Å². The number of ether oxygens (including phenoxy) is 1. The van der Waals surface area contributed by atoms with E-state index in [-0.39, 0.29) is 11.9 Å². The first-order valence-corrected chi connectivity index (χ1v) is 7.46. The van der Waals surface area contributed by atoms with Gasteiger partial charge < -0.3 is 10.1 Å². The van der Waals surface area contributed by atoms with E-state index in [4.69, 9.17) is 9.57 Å². The molecule has 0 aliphatic heterocycles. The molecule has 1 aliphatic rings. The number of carbonyl (C=O) groups is 2. The fourth-order valence-corrected chi connectivity index (χ4v) is 2.93. The molecular weight excluding hydrogens is 294 g/mol. The van der Waals surface area contributed by atoms with E-state index in [2.05, 4.69) is 10.3 Å². The zero-order valence-electron chi connectivity index (χ0n) is 12.5. The normalized spacial score (nSPS) is 15.4. The second kappa shape index (κ2) is 6.40. The molecule has 2 rings (SSSR count). The molecule has 0 aromatic carbocycles. The Hall–Kier alpha value is -1.67. The van der Waals surface area contributed by atoms with E-state index in [9.17, 15) is 9.59 Å². The van der Waals surface area contributed by atoms with E-state index in [1.165, 1.54) is 32.6 Å². The lowest BCUT2D eigenvalue weighted by atomic mass is 10.2. The lowest BCUT2D eigenvalue weighted by Gasteiger charge is -2.19. The molecule has 1 aromatic heterocycles. The molecule has 0 saturated heterocycles. The number of nitrogens with one attached hydrogen (secondary N) is 1. The highest BCUT2D eigenvalue weighted by Gasteiger charge is 2.33. The molecule has 1 aromatic rings. The summed E-state index contributed by atoms with van der Waals surface area (Å²) in [5.41, 5.74) is 0.772. The van der Waals surface area contributed by atoms with Crippen LogP contribution in [0.15, 0.2) is 0 Å². The van der Waals surface area contributed by atoms with Crippen LogP contribution in [0, 0.1) is 0 Å². The van der Waals surface area contributed by atoms with Gasteiger partial charge in [0.25, 0.3) is 5.91 Å². The Morgan fingerprint density at radius 1 is 1.43 bits per heavy atom. The zero-order chi connectivity index (χ0) is 15.6. The Balaban J connectivity index is 2.13. The van der Waals surface area contributed by atoms with Gasteiger partial charge in [0.15, 0.2) is 5.13 Å². The van der Waals surface area contributed by atoms with Crippen LogP contribution in [-0.4, -0.2) is 49.2 Å². The van der Waals surface area contributed by atoms with Gasteiger partial charge in [0, 0.05) is 13.0 Å². The van der Waals surface area contributed by atoms with E-state index in [0.29, 0.717) is 15.9 Å². The van der Waals surface area contributed by atoms with E-state index in [1.807, 2.05) is 0 Å². The highest BCUT2D eigenvalue weighted by atomic mass is 32.1. The van der Waals surface area contributed by atoms with Crippen molar-refractivity contribution in [3.8, 4) is 0 Å². The van der Waals surface area contributed by atoms with Crippen molar-refractivity contribution in [2.45, 2.75) is 31.7 Å². The Morgan fingerprint density at radius 2 is 2.10 bits per heavy atom. The summed E-state index contributed by atoms with van der Waals surface area (Å²) < 4.78 is 4.78. The maximum Gasteiger partial charge on any atom is 0.350 e. The average molecular weight is 313 g/mol. The lowest BCUT2D eigenvalue weighted by Crippen LogP contribution is -2.38. The van der Waals surface area contributed by atoms with Gasteiger partial charge in [0.2, 0.25) is 0 Å². The van der Waals surface area contributed by atoms with E-state index in [0.717, 1.165) is 23.6 Å². The van der Waals surface area contributed by atoms with Crippen LogP contribution in [0.4, 0.5) is 5.13 Å². The molecule has 1 atom stereocenters. The van der Waals surface area contributed by atoms with Crippen LogP contribution in [-0.2, 0) is 14.4 Å². The molecular formula is C13H19N3O4S. The van der Waals surface area contributed by atoms with E-state index in [1.54, 1.807) is 6.92 Å². The average Bonchev–Trinajstić information content (AvgIpc) is 3.25. The quantitative estimate of drug-likeness (QED) is 0.635. The molecule has 0 spiro atoms. The summed E-state index contributed by atoms with van der Waals surface area (Å²) in [5.74, 6) is -0.269. The maximum absolute atomic E-state index is 11.9. The fraction of sp³-hybridized carbons (Fsp3) is 0.615. The third-order valence-electron chi connectivity index (χ3n) is 3.28. The molecule has 1 heterocycles. The van der Waals surface area contributed by atoms with Crippen molar-refractivity contribution >= 4 is 28.3 Å². The Morgan fingerprint density at radius 3 is 2.62 bits per heavy atom. The van der Waals surface area contributed by atoms with Crippen molar-refractivity contribution in [3.63, 3.8) is 0 Å². The van der Waals surface area contributed by atoms with Gasteiger partial charge in [-0.25, -0.2) is 14.8 Å². The van der Waals surface area contributed by atoms with Crippen molar-refractivity contribution in [3.05, 3.63) is 10.6 Å². The number of hydrogen-bond acceptors (Lipinski definition) is 7. The van der Waals surface area contributed by atoms with Gasteiger partial charge in [-0.2, -0.15) is 0 Å². The lowest BCUT2D eigenvalue weighted by molar-refractivity contribution is -0.169. The minimum Gasteiger partial charge on any atom is -0.465 e. The summed E-state index contributed by atoms with van der Waals surface area (Å²) in [4.78, 5) is 33.5. The largest absolute Gasteiger partial charge is 0.465 e. The topological polar surface area (TPSA) is 80.8 Å². The molecule has 0 radical (unpaired) electrons. The van der Waals surface area contributed by atoms with Crippen LogP contribution in [0.5, 0.6) is 0 Å². The summed E-state index contributed by atoms with van der Waals surface area (Å²) >= 11 is 1.22. The first-order valence-electron chi connectivity index (χ1n) is 6.65. The number of hydroxylamine groups is 2. The number of aromatic nitrogens is 1. The molecule has 1 N–H and O–H groups in total. The molecule has 0 bridgehead atoms. The van der Waals surface area contributed by atoms with Crippen molar-refractivity contribution in [1.82, 2.24) is 10.0 Å². The molecule has 0 unspecified atom stereocenters. The van der Waals surface area contributed by atoms with Crippen LogP contribution in [0.3, 0.4) is 0 Å². The molecule has 21 heavy (non-hydrogen) atoms. The van der Waals surface area contributed by atoms with Gasteiger partial charge in [0.1, 0.15) is 10.9 Å². The summed E-state index contributed by atoms with van der Waals surface area (Å²) in [7, 11) is 4.32. The Bertz CT molecular complexity index is 542. The van der Waals surface area contributed by atoms with Crippen LogP contribution in [0.25, 0.3) is 0 Å². The fourth-order valence-electron chi connectivity index (χ4n) is 1.88. The van der Waals surface area contributed by atoms with Crippen LogP contribution >= 0.6 is 11.3 Å². The molecule has 1 fully saturated rings. The third kappa shape index (κ3) is 3.51. The van der Waals surface area contributed by atoms with Crippen LogP contribution < -0.4 is 5.32 Å². The number of carbonyl (C=O) groups excluding carboxylic acids is 2. The number of likely N-dealkylation sites (N-methyl/N-ethyl adjacent to an activating group) is 1. The van der Waals surface area contributed by atoms with Gasteiger partial charge in [0.05, 0.1) is 19.9 Å². The number of anilines is 1. The highest BCUT2D eigenvalue weighted by Crippen LogP contribution is 2.43. The number of esters is 1. The maximum atomic E-state index is 11.9. The molecule has 1 amide bonds. The first kappa shape index (κ1) is 15.7. The van der Waals surface area contributed by atoms with Gasteiger partial charge in [-0.3, -0.25) is 9.63 Å². The van der Waals surface area contributed by atoms with Crippen molar-refractivity contribution in [2.75, 3.05) is 26.6 Å². The smallest absolute Gasteiger partial charge is 0.350 e. The number of rotatable bonds is 6. The Kier molecular flexibility index (Phi) is 4.79. The number of nitrogens with zero attached hydrogens (tertiary/aromatic N) is 2. The van der Waals surface area contributed by atoms with E-state index < -0.39 is 6.04 Å². The second-order valence-electron chi connectivity index (χ2n) is 4.88. The van der Waals surface area contributed by atoms with Gasteiger partial charge in [-0.1, -0.05) is 11.3 Å². The summed E-state index contributed by atoms with van der Waals surface area (Å²) in [5, 5.41) is 4.70. The highest BCUT2D eigenvalue weighted by molar-refractivity contribution is 7.17. The van der Waals surface area contributed by atoms with E-state index >= 15 is 0 Å². The minimum absolute atomic E-state index is 0.222. The van der Waals surface area contributed by atoms with Crippen LogP contribution in [0.1, 0.15) is 41.0 Å². The predicted octanol–water partition coefficient (Wildman–Crippen LogP) is 1.63. The second-order valence-corrected chi connectivity index (χ2v) is 5.88. The number of thiazole rings is 1. The van der Waals surface area contributed by atoms with Gasteiger partial charge in [-0.05, 0) is 19.8 Å². The van der Waals surface area contributed by atoms with Crippen molar-refractivity contribution in [1.29, 1.82) is 0 Å². The molecule has 1 aliphatic carbocycles. The SMILES string of the molecule is COC(=O)c1sc(N[C@H](C)C(=O)N(C)OC)nc1C1CC1. The Labute approximate surface area is 127 Å². The minimum atomic E-state index is -0.501. The molecule has 8 heteroatoms. The summed E-state index contributed by atoms with van der Waals surface area (Å²) in [6, 6.07) is -0.501. The zero-order valence-corrected chi connectivity index (χ0v) is 13.3. The summed E-state index contributed by atoms with van der Waals surface area (Å²) in [6.07, 6.45) is 2.07. The van der Waals surface area contributed by atoms with Gasteiger partial charge in [-0.15, -0.1) is 0 Å². The monoisotopic (exact) mass is 313 g/mol. The standard InChI is InChI=1S/C13H19N3O4S/c1-7(11(17)16(2)20-4)14-13-15-9(8-5-6-8)10(21-13)12(18)19-3/h7-8H,5-6H2,1-4H3,(H,14,15)/t7-/m1/s1. The molecule has 1 saturated carbocycles. The number of amides is 1. The van der Waals surface area contributed by atoms with Crippen molar-refractivity contribution in [2.24, 2.45) is 0 Å². The van der Waals surface area contributed by atoms with Crippen molar-refractivity contribution < 1.29 is 19.2 Å². The molecule has 116 valence electrons. The number of hydrogen-bond donors (Lipinski definition) is 1. The predicted molar refractivity (Wildman–Crippen MR) is 78.3 cm³/mol. The third-order valence-corrected chi connectivity index (χ3v) is 4.27. The first-order chi connectivity index (χ1) is 9.97. The molecule has 7 nitrogen and oxygen atoms in total.